The summed E-state index contributed by atoms with van der Waals surface area (Å²) >= 11 is 11.4. The van der Waals surface area contributed by atoms with Crippen molar-refractivity contribution in [2.24, 2.45) is 5.10 Å². The zero-order valence-corrected chi connectivity index (χ0v) is 11.8. The lowest BCUT2D eigenvalue weighted by Crippen LogP contribution is -2.07. The van der Waals surface area contributed by atoms with Gasteiger partial charge in [0.2, 0.25) is 5.82 Å². The summed E-state index contributed by atoms with van der Waals surface area (Å²) in [4.78, 5) is 3.72. The van der Waals surface area contributed by atoms with Gasteiger partial charge in [0.15, 0.2) is 29.1 Å². The Morgan fingerprint density at radius 3 is 2.05 bits per heavy atom. The van der Waals surface area contributed by atoms with Crippen LogP contribution in [0.5, 0.6) is 0 Å². The van der Waals surface area contributed by atoms with Gasteiger partial charge in [0, 0.05) is 6.20 Å². The Hall–Kier alpha value is -1.93. The van der Waals surface area contributed by atoms with Gasteiger partial charge >= 0.3 is 0 Å². The van der Waals surface area contributed by atoms with Crippen LogP contribution in [0, 0.1) is 29.1 Å². The molecule has 22 heavy (non-hydrogen) atoms. The van der Waals surface area contributed by atoms with Gasteiger partial charge in [-0.25, -0.2) is 26.9 Å². The molecule has 0 fully saturated rings. The topological polar surface area (TPSA) is 37.3 Å². The molecule has 1 aromatic carbocycles. The molecule has 2 rings (SSSR count). The van der Waals surface area contributed by atoms with Gasteiger partial charge in [0.05, 0.1) is 21.8 Å². The average Bonchev–Trinajstić information content (AvgIpc) is 2.48. The standard InChI is InChI=1S/C12H4Cl2F5N3/c13-4-1-6(14)12(20-2-4)22-21-3-5-7(15)9(17)11(19)10(18)8(5)16/h1-3H,(H,20,22)/b21-3+. The summed E-state index contributed by atoms with van der Waals surface area (Å²) in [7, 11) is 0. The maximum absolute atomic E-state index is 13.4. The molecule has 0 aliphatic rings. The maximum atomic E-state index is 13.4. The van der Waals surface area contributed by atoms with Crippen molar-refractivity contribution in [3.63, 3.8) is 0 Å². The second-order valence-electron chi connectivity index (χ2n) is 3.84. The summed E-state index contributed by atoms with van der Waals surface area (Å²) in [6, 6.07) is 1.31. The van der Waals surface area contributed by atoms with E-state index in [-0.39, 0.29) is 15.9 Å². The molecule has 0 aliphatic heterocycles. The molecule has 10 heteroatoms. The lowest BCUT2D eigenvalue weighted by atomic mass is 10.2. The Balaban J connectivity index is 2.31. The third-order valence-corrected chi connectivity index (χ3v) is 2.91. The van der Waals surface area contributed by atoms with Gasteiger partial charge in [-0.1, -0.05) is 23.2 Å². The van der Waals surface area contributed by atoms with E-state index in [4.69, 9.17) is 23.2 Å². The number of nitrogens with one attached hydrogen (secondary N) is 1. The Kier molecular flexibility index (Phi) is 4.82. The Bertz CT molecular complexity index is 738. The number of pyridine rings is 1. The van der Waals surface area contributed by atoms with Crippen molar-refractivity contribution in [3.8, 4) is 0 Å². The number of nitrogens with zero attached hydrogens (tertiary/aromatic N) is 2. The lowest BCUT2D eigenvalue weighted by molar-refractivity contribution is 0.377. The number of halogens is 7. The number of anilines is 1. The minimum atomic E-state index is -2.25. The molecule has 0 saturated carbocycles. The quantitative estimate of drug-likeness (QED) is 0.289. The van der Waals surface area contributed by atoms with E-state index in [1.54, 1.807) is 0 Å². The van der Waals surface area contributed by atoms with Crippen molar-refractivity contribution < 1.29 is 22.0 Å². The number of benzene rings is 1. The zero-order chi connectivity index (χ0) is 16.4. The van der Waals surface area contributed by atoms with Gasteiger partial charge in [0.25, 0.3) is 0 Å². The SMILES string of the molecule is Fc1c(F)c(F)c(/C=N/Nc2ncc(Cl)cc2Cl)c(F)c1F. The summed E-state index contributed by atoms with van der Waals surface area (Å²) in [6.45, 7) is 0. The van der Waals surface area contributed by atoms with Crippen molar-refractivity contribution in [2.75, 3.05) is 5.43 Å². The predicted molar refractivity (Wildman–Crippen MR) is 71.7 cm³/mol. The van der Waals surface area contributed by atoms with E-state index < -0.39 is 34.6 Å². The molecular formula is C12H4Cl2F5N3. The highest BCUT2D eigenvalue weighted by molar-refractivity contribution is 6.35. The zero-order valence-electron chi connectivity index (χ0n) is 10.3. The second kappa shape index (κ2) is 6.45. The summed E-state index contributed by atoms with van der Waals surface area (Å²) in [6.07, 6.45) is 1.63. The highest BCUT2D eigenvalue weighted by Crippen LogP contribution is 2.23. The van der Waals surface area contributed by atoms with Gasteiger partial charge in [-0.05, 0) is 6.07 Å². The van der Waals surface area contributed by atoms with E-state index in [9.17, 15) is 22.0 Å². The van der Waals surface area contributed by atoms with Crippen LogP contribution in [-0.4, -0.2) is 11.2 Å². The molecular weight excluding hydrogens is 352 g/mol. The Morgan fingerprint density at radius 1 is 0.955 bits per heavy atom. The molecule has 1 N–H and O–H groups in total. The Morgan fingerprint density at radius 2 is 1.50 bits per heavy atom. The molecule has 1 aromatic heterocycles. The van der Waals surface area contributed by atoms with Crippen LogP contribution in [0.15, 0.2) is 17.4 Å². The largest absolute Gasteiger partial charge is 0.260 e. The van der Waals surface area contributed by atoms with Crippen molar-refractivity contribution in [1.82, 2.24) is 4.98 Å². The third kappa shape index (κ3) is 3.12. The lowest BCUT2D eigenvalue weighted by Gasteiger charge is -2.05. The molecule has 1 heterocycles. The van der Waals surface area contributed by atoms with Crippen LogP contribution in [0.3, 0.4) is 0 Å². The van der Waals surface area contributed by atoms with Gasteiger partial charge in [0.1, 0.15) is 0 Å². The molecule has 0 radical (unpaired) electrons. The minimum absolute atomic E-state index is 0.0220. The second-order valence-corrected chi connectivity index (χ2v) is 4.68. The van der Waals surface area contributed by atoms with Crippen LogP contribution >= 0.6 is 23.2 Å². The van der Waals surface area contributed by atoms with Crippen molar-refractivity contribution in [2.45, 2.75) is 0 Å². The first kappa shape index (κ1) is 16.4. The van der Waals surface area contributed by atoms with Crippen molar-refractivity contribution in [1.29, 1.82) is 0 Å². The minimum Gasteiger partial charge on any atom is -0.260 e. The molecule has 3 nitrogen and oxygen atoms in total. The highest BCUT2D eigenvalue weighted by Gasteiger charge is 2.24. The molecule has 0 unspecified atom stereocenters. The van der Waals surface area contributed by atoms with Crippen LogP contribution in [-0.2, 0) is 0 Å². The molecule has 2 aromatic rings. The summed E-state index contributed by atoms with van der Waals surface area (Å²) in [5, 5.41) is 3.61. The number of hydrogen-bond donors (Lipinski definition) is 1. The summed E-state index contributed by atoms with van der Waals surface area (Å²) < 4.78 is 65.5. The monoisotopic (exact) mass is 355 g/mol. The summed E-state index contributed by atoms with van der Waals surface area (Å²) in [5.41, 5.74) is 0.992. The normalized spacial score (nSPS) is 11.2. The number of rotatable bonds is 3. The fraction of sp³-hybridized carbons (Fsp3) is 0. The molecule has 116 valence electrons. The van der Waals surface area contributed by atoms with Crippen LogP contribution < -0.4 is 5.43 Å². The predicted octanol–water partition coefficient (Wildman–Crippen LogP) is 4.53. The third-order valence-electron chi connectivity index (χ3n) is 2.42. The molecule has 0 atom stereocenters. The van der Waals surface area contributed by atoms with Crippen LogP contribution in [0.2, 0.25) is 10.0 Å². The number of aromatic nitrogens is 1. The van der Waals surface area contributed by atoms with E-state index in [2.05, 4.69) is 15.5 Å². The molecule has 0 saturated heterocycles. The van der Waals surface area contributed by atoms with E-state index >= 15 is 0 Å². The first-order chi connectivity index (χ1) is 10.3. The highest BCUT2D eigenvalue weighted by atomic mass is 35.5. The fourth-order valence-electron chi connectivity index (χ4n) is 1.39. The first-order valence-electron chi connectivity index (χ1n) is 5.44. The van der Waals surface area contributed by atoms with E-state index in [1.165, 1.54) is 12.3 Å². The van der Waals surface area contributed by atoms with Crippen LogP contribution in [0.1, 0.15) is 5.56 Å². The van der Waals surface area contributed by atoms with Gasteiger partial charge in [-0.2, -0.15) is 5.10 Å². The van der Waals surface area contributed by atoms with Crippen molar-refractivity contribution >= 4 is 35.2 Å². The van der Waals surface area contributed by atoms with Crippen molar-refractivity contribution in [3.05, 3.63) is 57.0 Å². The van der Waals surface area contributed by atoms with Crippen LogP contribution in [0.25, 0.3) is 0 Å². The smallest absolute Gasteiger partial charge is 0.200 e. The molecule has 0 amide bonds. The number of hydrogen-bond acceptors (Lipinski definition) is 3. The van der Waals surface area contributed by atoms with E-state index in [1.807, 2.05) is 0 Å². The van der Waals surface area contributed by atoms with E-state index in [0.29, 0.717) is 6.21 Å². The maximum Gasteiger partial charge on any atom is 0.200 e. The van der Waals surface area contributed by atoms with E-state index in [0.717, 1.165) is 0 Å². The van der Waals surface area contributed by atoms with Gasteiger partial charge in [-0.15, -0.1) is 0 Å². The molecule has 0 spiro atoms. The molecule has 0 bridgehead atoms. The molecule has 0 aliphatic carbocycles. The summed E-state index contributed by atoms with van der Waals surface area (Å²) in [5.74, 6) is -10.4. The van der Waals surface area contributed by atoms with Gasteiger partial charge < -0.3 is 0 Å². The fourth-order valence-corrected chi connectivity index (χ4v) is 1.81. The van der Waals surface area contributed by atoms with Crippen LogP contribution in [0.4, 0.5) is 27.8 Å². The Labute approximate surface area is 130 Å². The number of hydrazone groups is 1. The first-order valence-corrected chi connectivity index (χ1v) is 6.20. The average molecular weight is 356 g/mol. The van der Waals surface area contributed by atoms with Gasteiger partial charge in [-0.3, -0.25) is 5.43 Å².